The molecule has 0 unspecified atom stereocenters. The van der Waals surface area contributed by atoms with Gasteiger partial charge in [-0.25, -0.2) is 27.4 Å². The zero-order valence-electron chi connectivity index (χ0n) is 17.0. The van der Waals surface area contributed by atoms with Crippen LogP contribution in [0, 0.1) is 5.92 Å². The van der Waals surface area contributed by atoms with Crippen LogP contribution >= 0.6 is 0 Å². The fraction of sp³-hybridized carbons (Fsp3) is 0.300. The third-order valence-corrected chi connectivity index (χ3v) is 6.41. The highest BCUT2D eigenvalue weighted by molar-refractivity contribution is 7.88. The lowest BCUT2D eigenvalue weighted by atomic mass is 9.97. The van der Waals surface area contributed by atoms with E-state index >= 15 is 0 Å². The average Bonchev–Trinajstić information content (AvgIpc) is 3.30. The first kappa shape index (κ1) is 20.9. The number of carbonyl (C=O) groups is 1. The maximum absolute atomic E-state index is 12.5. The number of anilines is 3. The van der Waals surface area contributed by atoms with Gasteiger partial charge in [-0.05, 0) is 43.2 Å². The van der Waals surface area contributed by atoms with Gasteiger partial charge in [-0.3, -0.25) is 4.79 Å². The molecule has 1 aliphatic rings. The lowest BCUT2D eigenvalue weighted by molar-refractivity contribution is -0.120. The minimum Gasteiger partial charge on any atom is -0.340 e. The number of benzene rings is 1. The van der Waals surface area contributed by atoms with E-state index in [2.05, 4.69) is 25.7 Å². The van der Waals surface area contributed by atoms with Gasteiger partial charge in [0.15, 0.2) is 5.82 Å². The van der Waals surface area contributed by atoms with Crippen LogP contribution in [0.3, 0.4) is 0 Å². The van der Waals surface area contributed by atoms with Crippen molar-refractivity contribution in [2.24, 2.45) is 5.92 Å². The molecule has 0 aliphatic carbocycles. The first-order chi connectivity index (χ1) is 14.9. The molecule has 1 amide bonds. The van der Waals surface area contributed by atoms with Crippen molar-refractivity contribution >= 4 is 33.1 Å². The molecule has 10 nitrogen and oxygen atoms in total. The first-order valence-corrected chi connectivity index (χ1v) is 11.7. The maximum Gasteiger partial charge on any atom is 0.227 e. The van der Waals surface area contributed by atoms with E-state index in [4.69, 9.17) is 0 Å². The highest BCUT2D eigenvalue weighted by Crippen LogP contribution is 2.22. The summed E-state index contributed by atoms with van der Waals surface area (Å²) in [5, 5.41) is 10.3. The Morgan fingerprint density at radius 2 is 1.81 bits per heavy atom. The number of carbonyl (C=O) groups excluding carboxylic acids is 1. The predicted molar refractivity (Wildman–Crippen MR) is 117 cm³/mol. The number of piperidine rings is 1. The van der Waals surface area contributed by atoms with Crippen molar-refractivity contribution in [3.8, 4) is 5.82 Å². The fourth-order valence-corrected chi connectivity index (χ4v) is 4.30. The van der Waals surface area contributed by atoms with Crippen molar-refractivity contribution in [3.63, 3.8) is 0 Å². The molecule has 11 heteroatoms. The molecule has 2 aromatic heterocycles. The van der Waals surface area contributed by atoms with Crippen LogP contribution in [-0.2, 0) is 14.8 Å². The molecule has 2 N–H and O–H groups in total. The van der Waals surface area contributed by atoms with Crippen molar-refractivity contribution in [2.45, 2.75) is 12.8 Å². The molecule has 0 bridgehead atoms. The van der Waals surface area contributed by atoms with Gasteiger partial charge in [0.1, 0.15) is 12.1 Å². The molecule has 1 fully saturated rings. The summed E-state index contributed by atoms with van der Waals surface area (Å²) >= 11 is 0. The van der Waals surface area contributed by atoms with E-state index in [-0.39, 0.29) is 11.8 Å². The minimum absolute atomic E-state index is 0.0893. The van der Waals surface area contributed by atoms with E-state index < -0.39 is 10.0 Å². The summed E-state index contributed by atoms with van der Waals surface area (Å²) in [6.45, 7) is 0.748. The van der Waals surface area contributed by atoms with Crippen LogP contribution in [0.15, 0.2) is 55.1 Å². The first-order valence-electron chi connectivity index (χ1n) is 9.83. The van der Waals surface area contributed by atoms with Gasteiger partial charge >= 0.3 is 0 Å². The quantitative estimate of drug-likeness (QED) is 0.600. The Bertz CT molecular complexity index is 1140. The Morgan fingerprint density at radius 1 is 1.10 bits per heavy atom. The number of aromatic nitrogens is 4. The molecule has 162 valence electrons. The fourth-order valence-electron chi connectivity index (χ4n) is 3.42. The molecule has 0 radical (unpaired) electrons. The highest BCUT2D eigenvalue weighted by Gasteiger charge is 2.28. The third kappa shape index (κ3) is 5.25. The van der Waals surface area contributed by atoms with Gasteiger partial charge in [0.05, 0.1) is 6.26 Å². The Hall–Kier alpha value is -3.31. The summed E-state index contributed by atoms with van der Waals surface area (Å²) in [5.74, 6) is 0.981. The van der Waals surface area contributed by atoms with Gasteiger partial charge in [0.25, 0.3) is 0 Å². The molecule has 4 rings (SSSR count). The number of nitrogens with zero attached hydrogens (tertiary/aromatic N) is 5. The Morgan fingerprint density at radius 3 is 2.45 bits per heavy atom. The summed E-state index contributed by atoms with van der Waals surface area (Å²) in [4.78, 5) is 20.9. The zero-order chi connectivity index (χ0) is 21.8. The van der Waals surface area contributed by atoms with Gasteiger partial charge in [-0.2, -0.15) is 5.10 Å². The van der Waals surface area contributed by atoms with Crippen molar-refractivity contribution in [1.29, 1.82) is 0 Å². The predicted octanol–water partition coefficient (Wildman–Crippen LogP) is 2.02. The van der Waals surface area contributed by atoms with Crippen molar-refractivity contribution in [2.75, 3.05) is 30.0 Å². The molecule has 0 spiro atoms. The van der Waals surface area contributed by atoms with Crippen LogP contribution in [0.5, 0.6) is 0 Å². The van der Waals surface area contributed by atoms with Gasteiger partial charge in [0.2, 0.25) is 15.9 Å². The second kappa shape index (κ2) is 8.82. The highest BCUT2D eigenvalue weighted by atomic mass is 32.2. The van der Waals surface area contributed by atoms with Crippen LogP contribution < -0.4 is 10.6 Å². The number of sulfonamides is 1. The number of rotatable bonds is 6. The molecule has 3 aromatic rings. The Kier molecular flexibility index (Phi) is 5.96. The maximum atomic E-state index is 12.5. The van der Waals surface area contributed by atoms with Crippen molar-refractivity contribution in [1.82, 2.24) is 24.1 Å². The van der Waals surface area contributed by atoms with E-state index in [1.54, 1.807) is 23.1 Å². The van der Waals surface area contributed by atoms with Gasteiger partial charge in [-0.15, -0.1) is 0 Å². The van der Waals surface area contributed by atoms with Crippen LogP contribution in [0.4, 0.5) is 17.2 Å². The smallest absolute Gasteiger partial charge is 0.227 e. The average molecular weight is 442 g/mol. The minimum atomic E-state index is -3.20. The van der Waals surface area contributed by atoms with Crippen LogP contribution in [0.25, 0.3) is 5.82 Å². The number of nitrogens with one attached hydrogen (secondary N) is 2. The van der Waals surface area contributed by atoms with E-state index in [0.29, 0.717) is 43.3 Å². The van der Waals surface area contributed by atoms with Crippen molar-refractivity contribution < 1.29 is 13.2 Å². The summed E-state index contributed by atoms with van der Waals surface area (Å²) in [5.41, 5.74) is 1.49. The number of amides is 1. The summed E-state index contributed by atoms with van der Waals surface area (Å²) in [6, 6.07) is 10.9. The van der Waals surface area contributed by atoms with Crippen molar-refractivity contribution in [3.05, 3.63) is 55.1 Å². The number of hydrogen-bond acceptors (Lipinski definition) is 7. The molecule has 1 saturated heterocycles. The van der Waals surface area contributed by atoms with Gasteiger partial charge in [0, 0.05) is 48.8 Å². The van der Waals surface area contributed by atoms with Gasteiger partial charge in [-0.1, -0.05) is 0 Å². The second-order valence-electron chi connectivity index (χ2n) is 7.34. The molecule has 1 aliphatic heterocycles. The van der Waals surface area contributed by atoms with Crippen LogP contribution in [0.1, 0.15) is 12.8 Å². The van der Waals surface area contributed by atoms with E-state index in [9.17, 15) is 13.2 Å². The normalized spacial score (nSPS) is 15.5. The summed E-state index contributed by atoms with van der Waals surface area (Å²) < 4.78 is 26.3. The molecule has 3 heterocycles. The monoisotopic (exact) mass is 441 g/mol. The lowest BCUT2D eigenvalue weighted by Crippen LogP contribution is -2.40. The Labute approximate surface area is 180 Å². The molecular weight excluding hydrogens is 418 g/mol. The summed E-state index contributed by atoms with van der Waals surface area (Å²) in [7, 11) is -3.20. The SMILES string of the molecule is CS(=O)(=O)N1CCC(C(=O)Nc2ccc(Nc3cc(-n4cccn4)ncn3)cc2)CC1. The molecule has 0 atom stereocenters. The number of hydrogen-bond donors (Lipinski definition) is 2. The molecule has 31 heavy (non-hydrogen) atoms. The van der Waals surface area contributed by atoms with E-state index in [1.807, 2.05) is 30.3 Å². The van der Waals surface area contributed by atoms with Gasteiger partial charge < -0.3 is 10.6 Å². The third-order valence-electron chi connectivity index (χ3n) is 5.11. The van der Waals surface area contributed by atoms with Crippen LogP contribution in [-0.4, -0.2) is 57.7 Å². The lowest BCUT2D eigenvalue weighted by Gasteiger charge is -2.29. The largest absolute Gasteiger partial charge is 0.340 e. The Balaban J connectivity index is 1.34. The van der Waals surface area contributed by atoms with E-state index in [1.165, 1.54) is 16.9 Å². The second-order valence-corrected chi connectivity index (χ2v) is 9.32. The molecule has 0 saturated carbocycles. The standard InChI is InChI=1S/C20H23N7O3S/c1-31(29,30)26-11-7-15(8-12-26)20(28)25-17-5-3-16(4-6-17)24-18-13-19(22-14-21-18)27-10-2-9-23-27/h2-6,9-10,13-15H,7-8,11-12H2,1H3,(H,25,28)(H,21,22,24). The summed E-state index contributed by atoms with van der Waals surface area (Å²) in [6.07, 6.45) is 7.17. The zero-order valence-corrected chi connectivity index (χ0v) is 17.8. The van der Waals surface area contributed by atoms with Crippen LogP contribution in [0.2, 0.25) is 0 Å². The molecular formula is C20H23N7O3S. The topological polar surface area (TPSA) is 122 Å². The molecule has 1 aromatic carbocycles. The van der Waals surface area contributed by atoms with E-state index in [0.717, 1.165) is 5.69 Å².